The molecule has 1 fully saturated rings. The van der Waals surface area contributed by atoms with Gasteiger partial charge in [0.05, 0.1) is 5.69 Å². The molecule has 2 aromatic carbocycles. The molecule has 1 N–H and O–H groups in total. The van der Waals surface area contributed by atoms with Crippen molar-refractivity contribution < 1.29 is 18.0 Å². The molecular weight excluding hydrogens is 535 g/mol. The number of rotatable bonds is 11. The van der Waals surface area contributed by atoms with Crippen LogP contribution in [0.3, 0.4) is 0 Å². The van der Waals surface area contributed by atoms with Crippen molar-refractivity contribution in [2.75, 3.05) is 24.9 Å². The maximum absolute atomic E-state index is 13.9. The Bertz CT molecular complexity index is 1170. The van der Waals surface area contributed by atoms with Gasteiger partial charge in [-0.15, -0.1) is 0 Å². The molecule has 0 aliphatic heterocycles. The molecule has 3 rings (SSSR count). The Hall–Kier alpha value is -2.33. The maximum Gasteiger partial charge on any atom is 0.304 e. The lowest BCUT2D eigenvalue weighted by Gasteiger charge is -2.34. The number of para-hydroxylation sites is 1. The van der Waals surface area contributed by atoms with E-state index in [0.717, 1.165) is 34.3 Å². The molecule has 0 heterocycles. The first-order chi connectivity index (χ1) is 17.6. The first-order valence-corrected chi connectivity index (χ1v) is 14.5. The van der Waals surface area contributed by atoms with Gasteiger partial charge < -0.3 is 10.2 Å². The van der Waals surface area contributed by atoms with E-state index >= 15 is 0 Å². The minimum absolute atomic E-state index is 0.0431. The third kappa shape index (κ3) is 7.16. The molecule has 11 heteroatoms. The van der Waals surface area contributed by atoms with Crippen molar-refractivity contribution in [1.82, 2.24) is 14.5 Å². The van der Waals surface area contributed by atoms with Crippen LogP contribution in [0.2, 0.25) is 10.0 Å². The molecule has 8 nitrogen and oxygen atoms in total. The summed E-state index contributed by atoms with van der Waals surface area (Å²) in [4.78, 5) is 28.7. The molecular formula is C26H34Cl2N4O4S. The van der Waals surface area contributed by atoms with Gasteiger partial charge in [0.1, 0.15) is 12.6 Å². The summed E-state index contributed by atoms with van der Waals surface area (Å²) in [6.45, 7) is 1.28. The van der Waals surface area contributed by atoms with Gasteiger partial charge >= 0.3 is 10.2 Å². The number of nitrogens with zero attached hydrogens (tertiary/aromatic N) is 3. The predicted octanol–water partition coefficient (Wildman–Crippen LogP) is 4.47. The number of halogens is 2. The van der Waals surface area contributed by atoms with Crippen LogP contribution in [-0.4, -0.2) is 62.2 Å². The second kappa shape index (κ2) is 13.0. The summed E-state index contributed by atoms with van der Waals surface area (Å²) in [6.07, 6.45) is 4.23. The number of benzene rings is 2. The van der Waals surface area contributed by atoms with Crippen LogP contribution in [-0.2, 0) is 26.3 Å². The summed E-state index contributed by atoms with van der Waals surface area (Å²) < 4.78 is 28.5. The summed E-state index contributed by atoms with van der Waals surface area (Å²) in [5.41, 5.74) is 0.830. The number of carbonyl (C=O) groups excluding carboxylic acids is 2. The second-order valence-corrected chi connectivity index (χ2v) is 12.1. The van der Waals surface area contributed by atoms with E-state index in [1.54, 1.807) is 48.5 Å². The Balaban J connectivity index is 1.99. The van der Waals surface area contributed by atoms with Crippen molar-refractivity contribution in [3.05, 3.63) is 64.1 Å². The van der Waals surface area contributed by atoms with Crippen molar-refractivity contribution in [1.29, 1.82) is 0 Å². The molecule has 0 bridgehead atoms. The minimum atomic E-state index is -4.01. The average molecular weight is 570 g/mol. The summed E-state index contributed by atoms with van der Waals surface area (Å²) in [5, 5.41) is 3.79. The van der Waals surface area contributed by atoms with Crippen molar-refractivity contribution in [2.24, 2.45) is 0 Å². The highest BCUT2D eigenvalue weighted by Crippen LogP contribution is 2.28. The molecule has 1 saturated carbocycles. The molecule has 1 aliphatic rings. The van der Waals surface area contributed by atoms with Gasteiger partial charge in [0.15, 0.2) is 0 Å². The van der Waals surface area contributed by atoms with E-state index in [2.05, 4.69) is 5.32 Å². The summed E-state index contributed by atoms with van der Waals surface area (Å²) >= 11 is 12.8. The third-order valence-electron chi connectivity index (χ3n) is 6.54. The second-order valence-electron chi connectivity index (χ2n) is 9.27. The number of anilines is 1. The highest BCUT2D eigenvalue weighted by Gasteiger charge is 2.35. The van der Waals surface area contributed by atoms with Crippen LogP contribution in [0.4, 0.5) is 5.69 Å². The molecule has 2 amide bonds. The van der Waals surface area contributed by atoms with Crippen LogP contribution in [0.1, 0.15) is 44.6 Å². The monoisotopic (exact) mass is 568 g/mol. The quantitative estimate of drug-likeness (QED) is 0.433. The van der Waals surface area contributed by atoms with E-state index in [1.807, 2.05) is 6.92 Å². The van der Waals surface area contributed by atoms with E-state index in [9.17, 15) is 18.0 Å². The van der Waals surface area contributed by atoms with Crippen molar-refractivity contribution in [2.45, 2.75) is 57.7 Å². The van der Waals surface area contributed by atoms with Gasteiger partial charge in [0.2, 0.25) is 11.8 Å². The average Bonchev–Trinajstić information content (AvgIpc) is 3.37. The standard InChI is InChI=1S/C26H34Cl2N4O4S/c1-4-24(26(34)29-19-11-8-9-12-19)31(17-21-22(27)15-10-16-23(21)28)25(33)18-32(37(35,36)30(2)3)20-13-6-5-7-14-20/h5-7,10,13-16,19,24H,4,8-9,11-12,17-18H2,1-3H3,(H,29,34)/t24-/m0/s1. The fraction of sp³-hybridized carbons (Fsp3) is 0.462. The molecule has 2 aromatic rings. The van der Waals surface area contributed by atoms with Crippen LogP contribution < -0.4 is 9.62 Å². The number of amides is 2. The molecule has 0 aromatic heterocycles. The Labute approximate surface area is 229 Å². The summed E-state index contributed by atoms with van der Waals surface area (Å²) in [7, 11) is -1.21. The summed E-state index contributed by atoms with van der Waals surface area (Å²) in [5.74, 6) is -0.814. The Morgan fingerprint density at radius 2 is 1.59 bits per heavy atom. The third-order valence-corrected chi connectivity index (χ3v) is 9.07. The molecule has 0 unspecified atom stereocenters. The van der Waals surface area contributed by atoms with Crippen molar-refractivity contribution in [3.8, 4) is 0 Å². The highest BCUT2D eigenvalue weighted by molar-refractivity contribution is 7.90. The van der Waals surface area contributed by atoms with Gasteiger partial charge in [-0.3, -0.25) is 9.59 Å². The van der Waals surface area contributed by atoms with Crippen LogP contribution in [0, 0.1) is 0 Å². The molecule has 202 valence electrons. The Morgan fingerprint density at radius 1 is 1.00 bits per heavy atom. The SMILES string of the molecule is CC[C@@H](C(=O)NC1CCCC1)N(Cc1c(Cl)cccc1Cl)C(=O)CN(c1ccccc1)S(=O)(=O)N(C)C. The van der Waals surface area contributed by atoms with Gasteiger partial charge in [-0.05, 0) is 43.5 Å². The smallest absolute Gasteiger partial charge is 0.304 e. The molecule has 0 spiro atoms. The van der Waals surface area contributed by atoms with Crippen LogP contribution >= 0.6 is 23.2 Å². The molecule has 37 heavy (non-hydrogen) atoms. The largest absolute Gasteiger partial charge is 0.352 e. The van der Waals surface area contributed by atoms with Crippen molar-refractivity contribution >= 4 is 50.9 Å². The molecule has 0 radical (unpaired) electrons. The van der Waals surface area contributed by atoms with Crippen LogP contribution in [0.15, 0.2) is 48.5 Å². The lowest BCUT2D eigenvalue weighted by Crippen LogP contribution is -2.54. The van der Waals surface area contributed by atoms with Gasteiger partial charge in [-0.1, -0.05) is 67.2 Å². The van der Waals surface area contributed by atoms with Crippen LogP contribution in [0.25, 0.3) is 0 Å². The minimum Gasteiger partial charge on any atom is -0.352 e. The molecule has 1 aliphatic carbocycles. The summed E-state index contributed by atoms with van der Waals surface area (Å²) in [6, 6.07) is 12.7. The molecule has 1 atom stereocenters. The lowest BCUT2D eigenvalue weighted by atomic mass is 10.1. The first kappa shape index (κ1) is 29.2. The van der Waals surface area contributed by atoms with Crippen LogP contribution in [0.5, 0.6) is 0 Å². The normalized spacial score (nSPS) is 15.0. The van der Waals surface area contributed by atoms with E-state index < -0.39 is 28.7 Å². The predicted molar refractivity (Wildman–Crippen MR) is 148 cm³/mol. The number of nitrogens with one attached hydrogen (secondary N) is 1. The first-order valence-electron chi connectivity index (χ1n) is 12.3. The zero-order chi connectivity index (χ0) is 27.2. The van der Waals surface area contributed by atoms with E-state index in [0.29, 0.717) is 27.7 Å². The topological polar surface area (TPSA) is 90.0 Å². The van der Waals surface area contributed by atoms with E-state index in [1.165, 1.54) is 19.0 Å². The van der Waals surface area contributed by atoms with Gasteiger partial charge in [0.25, 0.3) is 0 Å². The zero-order valence-corrected chi connectivity index (χ0v) is 23.7. The fourth-order valence-electron chi connectivity index (χ4n) is 4.45. The lowest BCUT2D eigenvalue weighted by molar-refractivity contribution is -0.140. The van der Waals surface area contributed by atoms with Crippen molar-refractivity contribution in [3.63, 3.8) is 0 Å². The Kier molecular flexibility index (Phi) is 10.2. The highest BCUT2D eigenvalue weighted by atomic mass is 35.5. The maximum atomic E-state index is 13.9. The number of hydrogen-bond donors (Lipinski definition) is 1. The van der Waals surface area contributed by atoms with Gasteiger partial charge in [-0.2, -0.15) is 12.7 Å². The Morgan fingerprint density at radius 3 is 2.14 bits per heavy atom. The number of carbonyl (C=O) groups is 2. The zero-order valence-electron chi connectivity index (χ0n) is 21.4. The fourth-order valence-corrected chi connectivity index (χ4v) is 6.02. The van der Waals surface area contributed by atoms with E-state index in [4.69, 9.17) is 23.2 Å². The van der Waals surface area contributed by atoms with Gasteiger partial charge in [0, 0.05) is 42.3 Å². The van der Waals surface area contributed by atoms with E-state index in [-0.39, 0.29) is 18.5 Å². The van der Waals surface area contributed by atoms with Gasteiger partial charge in [-0.25, -0.2) is 4.31 Å². The molecule has 0 saturated heterocycles. The number of hydrogen-bond acceptors (Lipinski definition) is 4.